The third-order valence-electron chi connectivity index (χ3n) is 4.77. The number of amides is 3. The fraction of sp³-hybridized carbons (Fsp3) is 0.381. The lowest BCUT2D eigenvalue weighted by Gasteiger charge is -2.31. The zero-order valence-electron chi connectivity index (χ0n) is 16.8. The van der Waals surface area contributed by atoms with Gasteiger partial charge in [-0.15, -0.1) is 0 Å². The van der Waals surface area contributed by atoms with Crippen molar-refractivity contribution in [3.63, 3.8) is 0 Å². The second-order valence-electron chi connectivity index (χ2n) is 6.88. The summed E-state index contributed by atoms with van der Waals surface area (Å²) in [6.45, 7) is 3.50. The van der Waals surface area contributed by atoms with Gasteiger partial charge in [0.15, 0.2) is 0 Å². The molecule has 1 aliphatic rings. The first kappa shape index (κ1) is 21.2. The summed E-state index contributed by atoms with van der Waals surface area (Å²) in [5.74, 6) is -0.697. The number of hydrogen-bond acceptors (Lipinski definition) is 6. The van der Waals surface area contributed by atoms with E-state index in [1.807, 2.05) is 12.1 Å². The van der Waals surface area contributed by atoms with E-state index in [0.29, 0.717) is 39.1 Å². The minimum absolute atomic E-state index is 0.0610. The Hall–Kier alpha value is -3.49. The van der Waals surface area contributed by atoms with Gasteiger partial charge in [0.05, 0.1) is 6.61 Å². The van der Waals surface area contributed by atoms with Crippen molar-refractivity contribution in [2.75, 3.05) is 19.7 Å². The van der Waals surface area contributed by atoms with Crippen LogP contribution in [0.25, 0.3) is 0 Å². The number of nitrogens with one attached hydrogen (secondary N) is 2. The van der Waals surface area contributed by atoms with Crippen molar-refractivity contribution in [3.8, 4) is 0 Å². The zero-order valence-corrected chi connectivity index (χ0v) is 16.8. The van der Waals surface area contributed by atoms with Gasteiger partial charge in [-0.3, -0.25) is 14.6 Å². The molecular formula is C21H25N5O4. The molecule has 0 aromatic carbocycles. The van der Waals surface area contributed by atoms with E-state index in [2.05, 4.69) is 20.6 Å². The van der Waals surface area contributed by atoms with Gasteiger partial charge >= 0.3 is 6.09 Å². The first-order valence-electron chi connectivity index (χ1n) is 9.93. The molecule has 2 aromatic rings. The van der Waals surface area contributed by atoms with E-state index in [0.717, 1.165) is 5.56 Å². The SMILES string of the molecule is CCOC(=O)N1CCC(NC(=O)c2cccc(C(=O)NCc3ccncc3)n2)CC1. The summed E-state index contributed by atoms with van der Waals surface area (Å²) in [6, 6.07) is 8.33. The van der Waals surface area contributed by atoms with Crippen molar-refractivity contribution in [1.82, 2.24) is 25.5 Å². The Morgan fingerprint density at radius 3 is 2.40 bits per heavy atom. The molecule has 2 aromatic heterocycles. The average Bonchev–Trinajstić information content (AvgIpc) is 2.79. The van der Waals surface area contributed by atoms with E-state index in [1.54, 1.807) is 42.4 Å². The van der Waals surface area contributed by atoms with Crippen LogP contribution in [0.15, 0.2) is 42.7 Å². The molecule has 158 valence electrons. The molecule has 0 aliphatic carbocycles. The van der Waals surface area contributed by atoms with Crippen molar-refractivity contribution in [1.29, 1.82) is 0 Å². The predicted octanol–water partition coefficient (Wildman–Crippen LogP) is 1.76. The second kappa shape index (κ2) is 10.3. The van der Waals surface area contributed by atoms with Gasteiger partial charge < -0.3 is 20.3 Å². The maximum Gasteiger partial charge on any atom is 0.409 e. The monoisotopic (exact) mass is 411 g/mol. The Morgan fingerprint density at radius 2 is 1.73 bits per heavy atom. The number of ether oxygens (including phenoxy) is 1. The number of carbonyl (C=O) groups is 3. The average molecular weight is 411 g/mol. The van der Waals surface area contributed by atoms with Crippen LogP contribution in [0.3, 0.4) is 0 Å². The third-order valence-corrected chi connectivity index (χ3v) is 4.77. The lowest BCUT2D eigenvalue weighted by molar-refractivity contribution is 0.0856. The molecule has 1 aliphatic heterocycles. The maximum atomic E-state index is 12.6. The van der Waals surface area contributed by atoms with Gasteiger partial charge in [0.2, 0.25) is 0 Å². The Morgan fingerprint density at radius 1 is 1.07 bits per heavy atom. The van der Waals surface area contributed by atoms with Crippen LogP contribution in [0.2, 0.25) is 0 Å². The Balaban J connectivity index is 1.52. The van der Waals surface area contributed by atoms with Crippen molar-refractivity contribution in [2.24, 2.45) is 0 Å². The highest BCUT2D eigenvalue weighted by Gasteiger charge is 2.25. The minimum Gasteiger partial charge on any atom is -0.450 e. The van der Waals surface area contributed by atoms with Gasteiger partial charge in [-0.1, -0.05) is 6.07 Å². The highest BCUT2D eigenvalue weighted by atomic mass is 16.6. The lowest BCUT2D eigenvalue weighted by Crippen LogP contribution is -2.46. The topological polar surface area (TPSA) is 114 Å². The fourth-order valence-electron chi connectivity index (χ4n) is 3.14. The molecule has 9 heteroatoms. The summed E-state index contributed by atoms with van der Waals surface area (Å²) in [4.78, 5) is 46.5. The van der Waals surface area contributed by atoms with Gasteiger partial charge in [0.1, 0.15) is 11.4 Å². The van der Waals surface area contributed by atoms with Gasteiger partial charge in [-0.25, -0.2) is 9.78 Å². The molecule has 0 atom stereocenters. The molecule has 1 fully saturated rings. The van der Waals surface area contributed by atoms with Gasteiger partial charge in [-0.2, -0.15) is 0 Å². The Bertz CT molecular complexity index is 882. The number of pyridine rings is 2. The van der Waals surface area contributed by atoms with E-state index < -0.39 is 0 Å². The first-order chi connectivity index (χ1) is 14.6. The summed E-state index contributed by atoms with van der Waals surface area (Å²) in [7, 11) is 0. The first-order valence-corrected chi connectivity index (χ1v) is 9.93. The molecule has 0 radical (unpaired) electrons. The molecule has 30 heavy (non-hydrogen) atoms. The van der Waals surface area contributed by atoms with Crippen LogP contribution in [-0.2, 0) is 11.3 Å². The zero-order chi connectivity index (χ0) is 21.3. The van der Waals surface area contributed by atoms with Crippen molar-refractivity contribution < 1.29 is 19.1 Å². The van der Waals surface area contributed by atoms with E-state index in [9.17, 15) is 14.4 Å². The number of piperidine rings is 1. The highest BCUT2D eigenvalue weighted by Crippen LogP contribution is 2.12. The number of likely N-dealkylation sites (tertiary alicyclic amines) is 1. The molecule has 0 bridgehead atoms. The molecule has 3 heterocycles. The van der Waals surface area contributed by atoms with Gasteiger partial charge in [0.25, 0.3) is 11.8 Å². The van der Waals surface area contributed by atoms with Crippen LogP contribution in [0.5, 0.6) is 0 Å². The highest BCUT2D eigenvalue weighted by molar-refractivity contribution is 5.96. The third kappa shape index (κ3) is 5.76. The number of aromatic nitrogens is 2. The van der Waals surface area contributed by atoms with Crippen molar-refractivity contribution in [3.05, 3.63) is 59.7 Å². The molecule has 3 amide bonds. The summed E-state index contributed by atoms with van der Waals surface area (Å²) in [5, 5.41) is 5.71. The summed E-state index contributed by atoms with van der Waals surface area (Å²) >= 11 is 0. The lowest BCUT2D eigenvalue weighted by atomic mass is 10.1. The molecule has 0 unspecified atom stereocenters. The van der Waals surface area contributed by atoms with Crippen molar-refractivity contribution in [2.45, 2.75) is 32.4 Å². The fourth-order valence-corrected chi connectivity index (χ4v) is 3.14. The summed E-state index contributed by atoms with van der Waals surface area (Å²) < 4.78 is 5.00. The van der Waals surface area contributed by atoms with E-state index in [1.165, 1.54) is 0 Å². The molecule has 0 saturated carbocycles. The molecule has 2 N–H and O–H groups in total. The normalized spacial score (nSPS) is 14.1. The van der Waals surface area contributed by atoms with E-state index >= 15 is 0 Å². The molecular weight excluding hydrogens is 386 g/mol. The van der Waals surface area contributed by atoms with Crippen LogP contribution in [-0.4, -0.2) is 58.5 Å². The maximum absolute atomic E-state index is 12.6. The van der Waals surface area contributed by atoms with E-state index in [-0.39, 0.29) is 35.3 Å². The summed E-state index contributed by atoms with van der Waals surface area (Å²) in [6.07, 6.45) is 4.26. The standard InChI is InChI=1S/C21H25N5O4/c1-2-30-21(29)26-12-8-16(9-13-26)24-20(28)18-5-3-4-17(25-18)19(27)23-14-15-6-10-22-11-7-15/h3-7,10-11,16H,2,8-9,12-14H2,1H3,(H,23,27)(H,24,28). The van der Waals surface area contributed by atoms with Crippen LogP contribution in [0.4, 0.5) is 4.79 Å². The minimum atomic E-state index is -0.357. The Labute approximate surface area is 174 Å². The Kier molecular flexibility index (Phi) is 7.31. The van der Waals surface area contributed by atoms with Crippen LogP contribution in [0, 0.1) is 0 Å². The number of carbonyl (C=O) groups excluding carboxylic acids is 3. The molecule has 1 saturated heterocycles. The number of nitrogens with zero attached hydrogens (tertiary/aromatic N) is 3. The van der Waals surface area contributed by atoms with Crippen molar-refractivity contribution >= 4 is 17.9 Å². The van der Waals surface area contributed by atoms with E-state index in [4.69, 9.17) is 4.74 Å². The quantitative estimate of drug-likeness (QED) is 0.749. The molecule has 3 rings (SSSR count). The largest absolute Gasteiger partial charge is 0.450 e. The van der Waals surface area contributed by atoms with Crippen LogP contribution in [0.1, 0.15) is 46.3 Å². The van der Waals surface area contributed by atoms with Crippen LogP contribution >= 0.6 is 0 Å². The van der Waals surface area contributed by atoms with Gasteiger partial charge in [-0.05, 0) is 49.6 Å². The molecule has 0 spiro atoms. The van der Waals surface area contributed by atoms with Crippen LogP contribution < -0.4 is 10.6 Å². The number of hydrogen-bond donors (Lipinski definition) is 2. The molecule has 9 nitrogen and oxygen atoms in total. The number of rotatable bonds is 6. The summed E-state index contributed by atoms with van der Waals surface area (Å²) in [5.41, 5.74) is 1.27. The smallest absolute Gasteiger partial charge is 0.409 e. The second-order valence-corrected chi connectivity index (χ2v) is 6.88. The van der Waals surface area contributed by atoms with Gasteiger partial charge in [0, 0.05) is 38.1 Å². The predicted molar refractivity (Wildman–Crippen MR) is 109 cm³/mol.